The number of ether oxygens (including phenoxy) is 4. The van der Waals surface area contributed by atoms with Gasteiger partial charge in [-0.2, -0.15) is 20.4 Å². The predicted molar refractivity (Wildman–Crippen MR) is 366 cm³/mol. The van der Waals surface area contributed by atoms with E-state index in [0.717, 1.165) is 66.3 Å². The zero-order chi connectivity index (χ0) is 70.8. The molecule has 498 valence electrons. The maximum absolute atomic E-state index is 13.8. The Morgan fingerprint density at radius 2 is 0.990 bits per heavy atom. The van der Waals surface area contributed by atoms with Crippen LogP contribution in [0.25, 0.3) is 78.2 Å². The number of nitrogens with one attached hydrogen (secondary N) is 4. The van der Waals surface area contributed by atoms with Crippen LogP contribution in [0.2, 0.25) is 0 Å². The third kappa shape index (κ3) is 14.1. The van der Waals surface area contributed by atoms with Crippen molar-refractivity contribution in [2.45, 2.75) is 43.8 Å². The molecule has 4 N–H and O–H groups in total. The lowest BCUT2D eigenvalue weighted by molar-refractivity contribution is -0.138. The second kappa shape index (κ2) is 28.3. The van der Waals surface area contributed by atoms with Crippen LogP contribution in [-0.4, -0.2) is 208 Å². The molecule has 0 aliphatic carbocycles. The molecule has 10 aromatic rings. The van der Waals surface area contributed by atoms with Gasteiger partial charge in [0.2, 0.25) is 23.6 Å². The maximum atomic E-state index is 13.8. The summed E-state index contributed by atoms with van der Waals surface area (Å²) in [5.41, 5.74) is 8.96. The molecule has 0 spiro atoms. The zero-order valence-corrected chi connectivity index (χ0v) is 54.6. The fourth-order valence-corrected chi connectivity index (χ4v) is 12.5. The summed E-state index contributed by atoms with van der Waals surface area (Å²) in [7, 11) is 8.07. The number of rotatable bonds is 19. The molecule has 2 fully saturated rings. The Hall–Kier alpha value is -10.8. The van der Waals surface area contributed by atoms with E-state index in [-0.39, 0.29) is 52.1 Å². The molecule has 10 heterocycles. The molecular weight excluding hydrogens is 1230 g/mol. The van der Waals surface area contributed by atoms with Crippen molar-refractivity contribution in [3.05, 3.63) is 158 Å². The van der Waals surface area contributed by atoms with E-state index in [0.29, 0.717) is 78.7 Å². The van der Waals surface area contributed by atoms with E-state index in [9.17, 15) is 19.2 Å². The Bertz CT molecular complexity index is 4800. The summed E-state index contributed by atoms with van der Waals surface area (Å²) in [5, 5.41) is 31.2. The van der Waals surface area contributed by atoms with Crippen molar-refractivity contribution >= 4 is 68.0 Å². The highest BCUT2D eigenvalue weighted by Gasteiger charge is 2.47. The number of aromatic amines is 2. The summed E-state index contributed by atoms with van der Waals surface area (Å²) in [4.78, 5) is 77.6. The number of anilines is 2. The van der Waals surface area contributed by atoms with Gasteiger partial charge in [-0.3, -0.25) is 48.5 Å². The van der Waals surface area contributed by atoms with Crippen molar-refractivity contribution in [2.24, 2.45) is 14.1 Å². The lowest BCUT2D eigenvalue weighted by Gasteiger charge is -2.30. The summed E-state index contributed by atoms with van der Waals surface area (Å²) in [6, 6.07) is 34.0. The molecule has 4 aliphatic rings. The van der Waals surface area contributed by atoms with Crippen molar-refractivity contribution < 1.29 is 43.6 Å². The van der Waals surface area contributed by atoms with Gasteiger partial charge in [-0.1, -0.05) is 60.7 Å². The molecule has 97 heavy (non-hydrogen) atoms. The number of carbonyl (C=O) groups is 4. The lowest BCUT2D eigenvalue weighted by Crippen LogP contribution is -2.48. The SMILES string of the molecule is [2H]C([2H])(C(=O)N1CC=C(c2ccc(-c3ncn(C)n3)cc2)CC1)N1CC[C@@](OC)(C(=O)Nc2ccc3[nH]nc(-c4ccnc(OC)c4)c3c2)C1.[2H]C([2H])(C(=O)N1CC=C(c2ccc(-c3ncn(C)n3)cc2)CC1)N1CC[C@@](OC)(C(=O)Nc2ccc3[nH]nc(-c4ccnc(OCC)c4)c3c2)C1. The Labute approximate surface area is 565 Å². The first-order valence-corrected chi connectivity index (χ1v) is 31.9. The van der Waals surface area contributed by atoms with Crippen LogP contribution in [0.3, 0.4) is 0 Å². The number of amides is 4. The summed E-state index contributed by atoms with van der Waals surface area (Å²) in [6.45, 7) is -0.806. The summed E-state index contributed by atoms with van der Waals surface area (Å²) >= 11 is 0. The fraction of sp³-hybridized carbons (Fsp3) is 0.324. The van der Waals surface area contributed by atoms with Gasteiger partial charge < -0.3 is 39.4 Å². The molecule has 26 heteroatoms. The van der Waals surface area contributed by atoms with Gasteiger partial charge in [0, 0.05) is 150 Å². The Kier molecular flexibility index (Phi) is 17.5. The molecule has 0 saturated carbocycles. The van der Waals surface area contributed by atoms with E-state index in [2.05, 4.69) is 61.2 Å². The first-order valence-electron chi connectivity index (χ1n) is 33.9. The van der Waals surface area contributed by atoms with E-state index in [1.54, 1.807) is 59.7 Å². The van der Waals surface area contributed by atoms with Gasteiger partial charge in [0.1, 0.15) is 24.0 Å². The van der Waals surface area contributed by atoms with Crippen LogP contribution >= 0.6 is 0 Å². The molecule has 14 rings (SSSR count). The lowest BCUT2D eigenvalue weighted by atomic mass is 9.98. The normalized spacial score (nSPS) is 19.1. The summed E-state index contributed by atoms with van der Waals surface area (Å²) in [5.74, 6) is 0.141. The van der Waals surface area contributed by atoms with Crippen LogP contribution in [-0.2, 0) is 42.7 Å². The Balaban J connectivity index is 0.000000181. The number of hydrogen-bond donors (Lipinski definition) is 4. The largest absolute Gasteiger partial charge is 0.481 e. The van der Waals surface area contributed by atoms with Crippen LogP contribution in [0.4, 0.5) is 11.4 Å². The third-order valence-corrected chi connectivity index (χ3v) is 18.0. The molecule has 26 nitrogen and oxygen atoms in total. The van der Waals surface area contributed by atoms with E-state index < -0.39 is 47.8 Å². The summed E-state index contributed by atoms with van der Waals surface area (Å²) < 4.78 is 61.2. The quantitative estimate of drug-likeness (QED) is 0.0597. The molecule has 6 aromatic heterocycles. The minimum atomic E-state index is -2.33. The van der Waals surface area contributed by atoms with Crippen LogP contribution in [0.1, 0.15) is 49.2 Å². The van der Waals surface area contributed by atoms with Crippen molar-refractivity contribution in [2.75, 3.05) is 104 Å². The molecule has 4 aliphatic heterocycles. The standard InChI is InChI=1S/C36H39N9O4.C35H37N9O4/c1-4-49-31-19-27(11-15-37-31)33-29-20-28(9-10-30(29)40-41-33)39-35(47)36(48-3)14-18-44(22-36)21-32(46)45-16-12-25(13-17-45)24-5-7-26(8-6-24)34-38-23-43(2)42-34;1-42-22-37-33(41-42)25-6-4-23(5-7-25)24-11-15-44(16-12-24)31(45)20-43-17-13-35(21-43,48-3)34(46)38-27-8-9-29-28(19-27)32(40-39-29)26-10-14-36-30(18-26)47-2/h5-12,15,19-20,23H,4,13-14,16-18,21-22H2,1-3H3,(H,39,47)(H,40,41);4-11,14,18-19,22H,12-13,15-17,20-21H2,1-3H3,(H,38,46)(H,39,40)/t36-;35-/m00/s1/i21D2;20D2. The first-order chi connectivity index (χ1) is 48.7. The fourth-order valence-electron chi connectivity index (χ4n) is 12.5. The third-order valence-electron chi connectivity index (χ3n) is 18.0. The highest BCUT2D eigenvalue weighted by Crippen LogP contribution is 2.35. The van der Waals surface area contributed by atoms with Gasteiger partial charge in [0.15, 0.2) is 22.9 Å². The molecule has 2 saturated heterocycles. The van der Waals surface area contributed by atoms with Crippen LogP contribution in [0, 0.1) is 0 Å². The first kappa shape index (κ1) is 59.9. The zero-order valence-electron chi connectivity index (χ0n) is 58.6. The minimum absolute atomic E-state index is 0.0864. The molecular formula is C71H76N18O8. The number of nitrogens with zero attached hydrogens (tertiary/aromatic N) is 14. The maximum Gasteiger partial charge on any atom is 0.258 e. The number of aromatic nitrogens is 12. The number of carbonyl (C=O) groups excluding carboxylic acids is 4. The van der Waals surface area contributed by atoms with E-state index in [1.807, 2.05) is 124 Å². The number of methoxy groups -OCH3 is 3. The molecule has 0 bridgehead atoms. The second-order valence-corrected chi connectivity index (χ2v) is 24.0. The number of benzene rings is 4. The second-order valence-electron chi connectivity index (χ2n) is 24.0. The number of H-pyrrole nitrogens is 2. The number of likely N-dealkylation sites (tertiary alicyclic amines) is 2. The molecule has 0 unspecified atom stereocenters. The number of aryl methyl sites for hydroxylation is 2. The van der Waals surface area contributed by atoms with Gasteiger partial charge in [-0.15, -0.1) is 0 Å². The molecule has 4 aromatic carbocycles. The van der Waals surface area contributed by atoms with Crippen molar-refractivity contribution in [1.29, 1.82) is 0 Å². The molecule has 2 atom stereocenters. The van der Waals surface area contributed by atoms with Crippen LogP contribution in [0.5, 0.6) is 11.8 Å². The molecule has 4 amide bonds. The van der Waals surface area contributed by atoms with E-state index >= 15 is 0 Å². The highest BCUT2D eigenvalue weighted by molar-refractivity contribution is 6.03. The van der Waals surface area contributed by atoms with Crippen LogP contribution in [0.15, 0.2) is 146 Å². The van der Waals surface area contributed by atoms with Gasteiger partial charge in [-0.25, -0.2) is 19.9 Å². The summed E-state index contributed by atoms with van der Waals surface area (Å²) in [6.07, 6.45) is 12.2. The van der Waals surface area contributed by atoms with Crippen molar-refractivity contribution in [3.8, 4) is 57.1 Å². The average molecular weight is 1310 g/mol. The van der Waals surface area contributed by atoms with Crippen molar-refractivity contribution in [1.82, 2.24) is 79.5 Å². The number of fused-ring (bicyclic) bond motifs is 2. The monoisotopic (exact) mass is 1310 g/mol. The smallest absolute Gasteiger partial charge is 0.258 e. The van der Waals surface area contributed by atoms with Crippen molar-refractivity contribution in [3.63, 3.8) is 0 Å². The van der Waals surface area contributed by atoms with E-state index in [1.165, 1.54) is 33.8 Å². The van der Waals surface area contributed by atoms with Gasteiger partial charge in [0.25, 0.3) is 11.8 Å². The number of pyridine rings is 2. The Morgan fingerprint density at radius 3 is 1.39 bits per heavy atom. The van der Waals surface area contributed by atoms with Crippen LogP contribution < -0.4 is 20.1 Å². The highest BCUT2D eigenvalue weighted by atomic mass is 16.5. The topological polar surface area (TPSA) is 287 Å². The van der Waals surface area contributed by atoms with E-state index in [4.69, 9.17) is 24.4 Å². The number of hydrogen-bond acceptors (Lipinski definition) is 18. The van der Waals surface area contributed by atoms with Gasteiger partial charge in [-0.05, 0) is 103 Å². The van der Waals surface area contributed by atoms with Gasteiger partial charge >= 0.3 is 0 Å². The predicted octanol–water partition coefficient (Wildman–Crippen LogP) is 7.94. The van der Waals surface area contributed by atoms with Gasteiger partial charge in [0.05, 0.1) is 43.2 Å². The average Bonchev–Trinajstić information content (AvgIpc) is 1.65. The Morgan fingerprint density at radius 1 is 0.546 bits per heavy atom. The minimum Gasteiger partial charge on any atom is -0.481 e. The molecule has 0 radical (unpaired) electrons.